The van der Waals surface area contributed by atoms with E-state index in [-0.39, 0.29) is 11.6 Å². The standard InChI is InChI=1S/C28H25N5O2/c1-19(2)33-18-22(12-13-28(33)34)25-16-29-17-26(31-25)27-14-24(32-35-27)21-10-8-20(9-11-21)15-30-23-6-4-3-5-7-23/h3-14,16-19,30H,15H2,1-2H3. The highest BCUT2D eigenvalue weighted by atomic mass is 16.5. The van der Waals surface area contributed by atoms with Crippen LogP contribution < -0.4 is 10.9 Å². The number of nitrogens with one attached hydrogen (secondary N) is 1. The molecular formula is C28H25N5O2. The third-order valence-corrected chi connectivity index (χ3v) is 5.71. The van der Waals surface area contributed by atoms with Crippen molar-refractivity contribution in [2.75, 3.05) is 5.32 Å². The maximum atomic E-state index is 12.1. The molecule has 0 amide bonds. The van der Waals surface area contributed by atoms with Gasteiger partial charge in [0.1, 0.15) is 11.4 Å². The Balaban J connectivity index is 1.33. The molecule has 0 aliphatic rings. The Morgan fingerprint density at radius 1 is 0.886 bits per heavy atom. The van der Waals surface area contributed by atoms with Crippen molar-refractivity contribution < 1.29 is 4.52 Å². The third kappa shape index (κ3) is 5.04. The highest BCUT2D eigenvalue weighted by Gasteiger charge is 2.13. The van der Waals surface area contributed by atoms with E-state index in [1.54, 1.807) is 35.3 Å². The molecule has 174 valence electrons. The minimum Gasteiger partial charge on any atom is -0.381 e. The van der Waals surface area contributed by atoms with E-state index in [9.17, 15) is 4.79 Å². The van der Waals surface area contributed by atoms with Gasteiger partial charge in [0.25, 0.3) is 5.56 Å². The summed E-state index contributed by atoms with van der Waals surface area (Å²) >= 11 is 0. The van der Waals surface area contributed by atoms with Crippen molar-refractivity contribution in [1.82, 2.24) is 19.7 Å². The van der Waals surface area contributed by atoms with Gasteiger partial charge in [-0.05, 0) is 37.6 Å². The highest BCUT2D eigenvalue weighted by Crippen LogP contribution is 2.26. The number of nitrogens with zero attached hydrogens (tertiary/aromatic N) is 4. The molecule has 0 aliphatic carbocycles. The molecular weight excluding hydrogens is 438 g/mol. The molecule has 0 fully saturated rings. The number of aromatic nitrogens is 4. The number of pyridine rings is 1. The quantitative estimate of drug-likeness (QED) is 0.327. The summed E-state index contributed by atoms with van der Waals surface area (Å²) in [5, 5.41) is 7.64. The van der Waals surface area contributed by atoms with Crippen LogP contribution in [0.25, 0.3) is 34.0 Å². The Morgan fingerprint density at radius 2 is 1.63 bits per heavy atom. The van der Waals surface area contributed by atoms with Crippen LogP contribution in [0.5, 0.6) is 0 Å². The molecule has 0 radical (unpaired) electrons. The monoisotopic (exact) mass is 463 g/mol. The topological polar surface area (TPSA) is 85.8 Å². The summed E-state index contributed by atoms with van der Waals surface area (Å²) < 4.78 is 7.27. The summed E-state index contributed by atoms with van der Waals surface area (Å²) in [6, 6.07) is 23.5. The molecule has 0 unspecified atom stereocenters. The van der Waals surface area contributed by atoms with Crippen molar-refractivity contribution in [2.45, 2.75) is 26.4 Å². The van der Waals surface area contributed by atoms with E-state index in [4.69, 9.17) is 9.51 Å². The Morgan fingerprint density at radius 3 is 2.40 bits per heavy atom. The van der Waals surface area contributed by atoms with Crippen LogP contribution in [-0.4, -0.2) is 19.7 Å². The first kappa shape index (κ1) is 22.3. The molecule has 2 aromatic carbocycles. The van der Waals surface area contributed by atoms with Crippen molar-refractivity contribution in [3.63, 3.8) is 0 Å². The molecule has 1 N–H and O–H groups in total. The van der Waals surface area contributed by atoms with E-state index in [0.29, 0.717) is 17.1 Å². The molecule has 0 saturated heterocycles. The van der Waals surface area contributed by atoms with Crippen molar-refractivity contribution in [3.05, 3.63) is 107 Å². The summed E-state index contributed by atoms with van der Waals surface area (Å²) in [6.07, 6.45) is 5.12. The molecule has 3 aromatic heterocycles. The van der Waals surface area contributed by atoms with Gasteiger partial charge in [0.05, 0.1) is 18.1 Å². The number of hydrogen-bond acceptors (Lipinski definition) is 6. The molecule has 0 atom stereocenters. The number of anilines is 1. The first-order valence-electron chi connectivity index (χ1n) is 11.5. The molecule has 7 nitrogen and oxygen atoms in total. The maximum absolute atomic E-state index is 12.1. The minimum atomic E-state index is -0.0467. The SMILES string of the molecule is CC(C)n1cc(-c2cncc(-c3cc(-c4ccc(CNc5ccccc5)cc4)no3)n2)ccc1=O. The second kappa shape index (κ2) is 9.77. The van der Waals surface area contributed by atoms with Crippen LogP contribution in [0.1, 0.15) is 25.5 Å². The first-order chi connectivity index (χ1) is 17.1. The zero-order valence-electron chi connectivity index (χ0n) is 19.6. The molecule has 0 bridgehead atoms. The van der Waals surface area contributed by atoms with Crippen LogP contribution >= 0.6 is 0 Å². The van der Waals surface area contributed by atoms with Gasteiger partial charge >= 0.3 is 0 Å². The van der Waals surface area contributed by atoms with E-state index in [2.05, 4.69) is 27.6 Å². The molecule has 0 saturated carbocycles. The Labute approximate surface area is 203 Å². The van der Waals surface area contributed by atoms with Gasteiger partial charge in [0.2, 0.25) is 0 Å². The maximum Gasteiger partial charge on any atom is 0.250 e. The minimum absolute atomic E-state index is 0.0467. The van der Waals surface area contributed by atoms with Crippen molar-refractivity contribution in [1.29, 1.82) is 0 Å². The fourth-order valence-electron chi connectivity index (χ4n) is 3.77. The summed E-state index contributed by atoms with van der Waals surface area (Å²) in [7, 11) is 0. The zero-order valence-corrected chi connectivity index (χ0v) is 19.6. The smallest absolute Gasteiger partial charge is 0.250 e. The number of rotatable bonds is 7. The predicted molar refractivity (Wildman–Crippen MR) is 137 cm³/mol. The fraction of sp³-hybridized carbons (Fsp3) is 0.143. The Kier molecular flexibility index (Phi) is 6.22. The van der Waals surface area contributed by atoms with Crippen LogP contribution in [0.4, 0.5) is 5.69 Å². The summed E-state index contributed by atoms with van der Waals surface area (Å²) in [4.78, 5) is 21.1. The molecule has 0 spiro atoms. The lowest BCUT2D eigenvalue weighted by Crippen LogP contribution is -2.20. The lowest BCUT2D eigenvalue weighted by atomic mass is 10.1. The predicted octanol–water partition coefficient (Wildman–Crippen LogP) is 5.82. The highest BCUT2D eigenvalue weighted by molar-refractivity contribution is 5.66. The lowest BCUT2D eigenvalue weighted by Gasteiger charge is -2.11. The average Bonchev–Trinajstić information content (AvgIpc) is 3.39. The first-order valence-corrected chi connectivity index (χ1v) is 11.5. The summed E-state index contributed by atoms with van der Waals surface area (Å²) in [5.41, 5.74) is 5.94. The van der Waals surface area contributed by atoms with Crippen LogP contribution in [-0.2, 0) is 6.54 Å². The number of para-hydroxylation sites is 1. The molecule has 0 aliphatic heterocycles. The molecule has 5 aromatic rings. The van der Waals surface area contributed by atoms with Crippen LogP contribution in [0.3, 0.4) is 0 Å². The van der Waals surface area contributed by atoms with Crippen LogP contribution in [0.15, 0.2) is 101 Å². The van der Waals surface area contributed by atoms with Gasteiger partial charge in [0.15, 0.2) is 5.76 Å². The molecule has 3 heterocycles. The largest absolute Gasteiger partial charge is 0.381 e. The van der Waals surface area contributed by atoms with Crippen molar-refractivity contribution in [2.24, 2.45) is 0 Å². The normalized spacial score (nSPS) is 11.1. The van der Waals surface area contributed by atoms with Gasteiger partial charge in [-0.2, -0.15) is 0 Å². The van der Waals surface area contributed by atoms with Crippen LogP contribution in [0, 0.1) is 0 Å². The van der Waals surface area contributed by atoms with Gasteiger partial charge in [-0.3, -0.25) is 9.78 Å². The summed E-state index contributed by atoms with van der Waals surface area (Å²) in [5.74, 6) is 0.529. The fourth-order valence-corrected chi connectivity index (χ4v) is 3.77. The summed E-state index contributed by atoms with van der Waals surface area (Å²) in [6.45, 7) is 4.67. The molecule has 35 heavy (non-hydrogen) atoms. The van der Waals surface area contributed by atoms with Gasteiger partial charge in [-0.1, -0.05) is 47.6 Å². The number of hydrogen-bond donors (Lipinski definition) is 1. The zero-order chi connectivity index (χ0) is 24.2. The number of benzene rings is 2. The molecule has 7 heteroatoms. The average molecular weight is 464 g/mol. The van der Waals surface area contributed by atoms with Gasteiger partial charge in [0, 0.05) is 47.7 Å². The van der Waals surface area contributed by atoms with Crippen molar-refractivity contribution >= 4 is 5.69 Å². The second-order valence-corrected chi connectivity index (χ2v) is 8.54. The molecule has 5 rings (SSSR count). The van der Waals surface area contributed by atoms with Crippen molar-refractivity contribution in [3.8, 4) is 34.0 Å². The van der Waals surface area contributed by atoms with Gasteiger partial charge in [-0.15, -0.1) is 0 Å². The van der Waals surface area contributed by atoms with E-state index in [1.165, 1.54) is 5.56 Å². The van der Waals surface area contributed by atoms with E-state index >= 15 is 0 Å². The van der Waals surface area contributed by atoms with Gasteiger partial charge in [-0.25, -0.2) is 4.98 Å². The van der Waals surface area contributed by atoms with E-state index < -0.39 is 0 Å². The van der Waals surface area contributed by atoms with Crippen LogP contribution in [0.2, 0.25) is 0 Å². The lowest BCUT2D eigenvalue weighted by molar-refractivity contribution is 0.433. The second-order valence-electron chi connectivity index (χ2n) is 8.54. The Bertz CT molecular complexity index is 1490. The Hall–Kier alpha value is -4.52. The van der Waals surface area contributed by atoms with Gasteiger partial charge < -0.3 is 14.4 Å². The van der Waals surface area contributed by atoms with E-state index in [0.717, 1.165) is 29.1 Å². The third-order valence-electron chi connectivity index (χ3n) is 5.71. The van der Waals surface area contributed by atoms with E-state index in [1.807, 2.05) is 62.4 Å².